The summed E-state index contributed by atoms with van der Waals surface area (Å²) in [6.07, 6.45) is 1.48. The molecule has 1 aromatic rings. The molecule has 0 radical (unpaired) electrons. The van der Waals surface area contributed by atoms with Crippen LogP contribution in [0.2, 0.25) is 0 Å². The molecule has 1 fully saturated rings. The van der Waals surface area contributed by atoms with E-state index >= 15 is 0 Å². The van der Waals surface area contributed by atoms with Crippen LogP contribution < -0.4 is 5.32 Å². The van der Waals surface area contributed by atoms with Crippen LogP contribution in [0.25, 0.3) is 0 Å². The molecule has 1 heterocycles. The van der Waals surface area contributed by atoms with Crippen LogP contribution in [0.3, 0.4) is 0 Å². The Morgan fingerprint density at radius 1 is 1.19 bits per heavy atom. The lowest BCUT2D eigenvalue weighted by Crippen LogP contribution is -2.28. The van der Waals surface area contributed by atoms with Crippen LogP contribution in [0.1, 0.15) is 23.6 Å². The predicted octanol–water partition coefficient (Wildman–Crippen LogP) is 1.99. The largest absolute Gasteiger partial charge is 0.377 e. The van der Waals surface area contributed by atoms with Crippen LogP contribution in [0.4, 0.5) is 0 Å². The zero-order chi connectivity index (χ0) is 15.2. The molecule has 0 saturated carbocycles. The normalized spacial score (nSPS) is 24.4. The predicted molar refractivity (Wildman–Crippen MR) is 85.6 cm³/mol. The highest BCUT2D eigenvalue weighted by molar-refractivity contribution is 5.28. The van der Waals surface area contributed by atoms with Crippen LogP contribution in [-0.2, 0) is 9.47 Å². The molecule has 3 unspecified atom stereocenters. The van der Waals surface area contributed by atoms with Crippen molar-refractivity contribution in [2.75, 3.05) is 40.9 Å². The molecule has 1 saturated heterocycles. The maximum Gasteiger partial charge on any atom is 0.0971 e. The van der Waals surface area contributed by atoms with E-state index in [9.17, 15) is 0 Å². The van der Waals surface area contributed by atoms with Gasteiger partial charge in [0.15, 0.2) is 0 Å². The Kier molecular flexibility index (Phi) is 6.18. The summed E-state index contributed by atoms with van der Waals surface area (Å²) in [7, 11) is 5.57. The topological polar surface area (TPSA) is 33.7 Å². The molecule has 0 bridgehead atoms. The Balaban J connectivity index is 1.91. The lowest BCUT2D eigenvalue weighted by molar-refractivity contribution is -0.00461. The first-order valence-electron chi connectivity index (χ1n) is 7.70. The van der Waals surface area contributed by atoms with E-state index in [1.807, 2.05) is 7.05 Å². The van der Waals surface area contributed by atoms with Gasteiger partial charge in [-0.05, 0) is 31.5 Å². The maximum absolute atomic E-state index is 5.50. The van der Waals surface area contributed by atoms with Gasteiger partial charge < -0.3 is 14.8 Å². The molecule has 118 valence electrons. The third-order valence-corrected chi connectivity index (χ3v) is 4.54. The molecule has 1 N–H and O–H groups in total. The van der Waals surface area contributed by atoms with E-state index in [-0.39, 0.29) is 12.2 Å². The lowest BCUT2D eigenvalue weighted by Gasteiger charge is -2.22. The van der Waals surface area contributed by atoms with Gasteiger partial charge in [0.25, 0.3) is 0 Å². The molecular formula is C17H28N2O2. The Morgan fingerprint density at radius 3 is 2.33 bits per heavy atom. The quantitative estimate of drug-likeness (QED) is 0.833. The van der Waals surface area contributed by atoms with Crippen LogP contribution in [0, 0.1) is 6.92 Å². The van der Waals surface area contributed by atoms with Crippen LogP contribution in [0.15, 0.2) is 24.3 Å². The van der Waals surface area contributed by atoms with Gasteiger partial charge in [0.05, 0.1) is 12.2 Å². The molecule has 1 aromatic carbocycles. The number of hydrogen-bond donors (Lipinski definition) is 1. The molecule has 2 rings (SSSR count). The fourth-order valence-corrected chi connectivity index (χ4v) is 3.20. The average molecular weight is 292 g/mol. The molecule has 0 aliphatic carbocycles. The highest BCUT2D eigenvalue weighted by Crippen LogP contribution is 2.22. The molecule has 21 heavy (non-hydrogen) atoms. The standard InChI is InChI=1S/C17H28N2O2/c1-13-7-5-6-8-14(13)15(18-2)9-10-19-11-16(20-3)17(12-19)21-4/h5-8,15-18H,9-12H2,1-4H3. The van der Waals surface area contributed by atoms with Crippen molar-refractivity contribution in [2.45, 2.75) is 31.6 Å². The van der Waals surface area contributed by atoms with Crippen molar-refractivity contribution in [3.05, 3.63) is 35.4 Å². The molecule has 0 amide bonds. The number of methoxy groups -OCH3 is 2. The Labute approximate surface area is 128 Å². The molecule has 3 atom stereocenters. The van der Waals surface area contributed by atoms with Gasteiger partial charge in [-0.3, -0.25) is 4.90 Å². The number of aryl methyl sites for hydroxylation is 1. The summed E-state index contributed by atoms with van der Waals surface area (Å²) in [5.74, 6) is 0. The van der Waals surface area contributed by atoms with E-state index in [2.05, 4.69) is 41.4 Å². The van der Waals surface area contributed by atoms with Gasteiger partial charge in [0, 0.05) is 39.9 Å². The number of ether oxygens (including phenoxy) is 2. The van der Waals surface area contributed by atoms with E-state index in [1.54, 1.807) is 14.2 Å². The van der Waals surface area contributed by atoms with Crippen molar-refractivity contribution in [1.82, 2.24) is 10.2 Å². The van der Waals surface area contributed by atoms with E-state index in [4.69, 9.17) is 9.47 Å². The van der Waals surface area contributed by atoms with Gasteiger partial charge in [0.2, 0.25) is 0 Å². The second-order valence-electron chi connectivity index (χ2n) is 5.79. The Bertz CT molecular complexity index is 427. The van der Waals surface area contributed by atoms with E-state index < -0.39 is 0 Å². The molecule has 4 nitrogen and oxygen atoms in total. The number of nitrogens with zero attached hydrogens (tertiary/aromatic N) is 1. The lowest BCUT2D eigenvalue weighted by atomic mass is 9.99. The molecule has 1 aliphatic rings. The second-order valence-corrected chi connectivity index (χ2v) is 5.79. The third-order valence-electron chi connectivity index (χ3n) is 4.54. The highest BCUT2D eigenvalue weighted by Gasteiger charge is 2.32. The summed E-state index contributed by atoms with van der Waals surface area (Å²) in [6.45, 7) is 5.15. The number of benzene rings is 1. The van der Waals surface area contributed by atoms with Gasteiger partial charge in [-0.1, -0.05) is 24.3 Å². The number of nitrogens with one attached hydrogen (secondary N) is 1. The summed E-state index contributed by atoms with van der Waals surface area (Å²) in [5.41, 5.74) is 2.74. The summed E-state index contributed by atoms with van der Waals surface area (Å²) in [6, 6.07) is 9.00. The second kappa shape index (κ2) is 7.90. The van der Waals surface area contributed by atoms with Gasteiger partial charge in [-0.15, -0.1) is 0 Å². The zero-order valence-corrected chi connectivity index (χ0v) is 13.6. The fourth-order valence-electron chi connectivity index (χ4n) is 3.20. The Morgan fingerprint density at radius 2 is 1.81 bits per heavy atom. The first-order chi connectivity index (χ1) is 10.2. The van der Waals surface area contributed by atoms with Gasteiger partial charge >= 0.3 is 0 Å². The first kappa shape index (κ1) is 16.4. The van der Waals surface area contributed by atoms with Crippen molar-refractivity contribution >= 4 is 0 Å². The highest BCUT2D eigenvalue weighted by atomic mass is 16.5. The minimum absolute atomic E-state index is 0.196. The van der Waals surface area contributed by atoms with Crippen molar-refractivity contribution in [3.8, 4) is 0 Å². The molecule has 4 heteroatoms. The number of likely N-dealkylation sites (tertiary alicyclic amines) is 1. The van der Waals surface area contributed by atoms with Gasteiger partial charge in [0.1, 0.15) is 0 Å². The van der Waals surface area contributed by atoms with Crippen molar-refractivity contribution < 1.29 is 9.47 Å². The van der Waals surface area contributed by atoms with E-state index in [0.29, 0.717) is 6.04 Å². The summed E-state index contributed by atoms with van der Waals surface area (Å²) in [4.78, 5) is 2.44. The van der Waals surface area contributed by atoms with Crippen LogP contribution in [-0.4, -0.2) is 58.0 Å². The summed E-state index contributed by atoms with van der Waals surface area (Å²) < 4.78 is 11.0. The molecule has 0 aromatic heterocycles. The minimum atomic E-state index is 0.196. The molecule has 1 aliphatic heterocycles. The first-order valence-corrected chi connectivity index (χ1v) is 7.70. The summed E-state index contributed by atoms with van der Waals surface area (Å²) in [5, 5.41) is 3.44. The minimum Gasteiger partial charge on any atom is -0.377 e. The van der Waals surface area contributed by atoms with E-state index in [1.165, 1.54) is 11.1 Å². The third kappa shape index (κ3) is 4.04. The molecule has 0 spiro atoms. The van der Waals surface area contributed by atoms with Crippen molar-refractivity contribution in [3.63, 3.8) is 0 Å². The Hall–Kier alpha value is -0.940. The average Bonchev–Trinajstić information content (AvgIpc) is 2.92. The summed E-state index contributed by atoms with van der Waals surface area (Å²) >= 11 is 0. The van der Waals surface area contributed by atoms with Crippen molar-refractivity contribution in [1.29, 1.82) is 0 Å². The maximum atomic E-state index is 5.50. The number of rotatable bonds is 7. The van der Waals surface area contributed by atoms with E-state index in [0.717, 1.165) is 26.1 Å². The van der Waals surface area contributed by atoms with Crippen LogP contribution >= 0.6 is 0 Å². The van der Waals surface area contributed by atoms with Crippen molar-refractivity contribution in [2.24, 2.45) is 0 Å². The van der Waals surface area contributed by atoms with Gasteiger partial charge in [-0.2, -0.15) is 0 Å². The zero-order valence-electron chi connectivity index (χ0n) is 13.6. The number of hydrogen-bond acceptors (Lipinski definition) is 4. The monoisotopic (exact) mass is 292 g/mol. The fraction of sp³-hybridized carbons (Fsp3) is 0.647. The smallest absolute Gasteiger partial charge is 0.0971 e. The van der Waals surface area contributed by atoms with Crippen LogP contribution in [0.5, 0.6) is 0 Å². The SMILES string of the molecule is CNC(CCN1CC(OC)C(OC)C1)c1ccccc1C. The molecular weight excluding hydrogens is 264 g/mol. The van der Waals surface area contributed by atoms with Gasteiger partial charge in [-0.25, -0.2) is 0 Å².